The van der Waals surface area contributed by atoms with Crippen molar-refractivity contribution < 1.29 is 73.5 Å². The molecule has 80 heavy (non-hydrogen) atoms. The molecule has 0 nitrogen and oxygen atoms in total. The molecule has 0 aliphatic carbocycles. The first-order chi connectivity index (χ1) is 37.8. The normalized spacial score (nSPS) is 12.3. The average molecular weight is 1230 g/mol. The zero-order valence-corrected chi connectivity index (χ0v) is 47.8. The van der Waals surface area contributed by atoms with Crippen molar-refractivity contribution in [3.63, 3.8) is 0 Å². The van der Waals surface area contributed by atoms with Crippen LogP contribution in [-0.4, -0.2) is 9.52 Å². The van der Waals surface area contributed by atoms with Crippen molar-refractivity contribution in [3.8, 4) is 55.6 Å². The largest absolute Gasteiger partial charge is 0.184 e. The second-order valence-electron chi connectivity index (χ2n) is 19.4. The predicted molar refractivity (Wildman–Crippen MR) is 296 cm³/mol. The minimum absolute atomic E-state index is 0.0911. The van der Waals surface area contributed by atoms with E-state index in [1.165, 1.54) is 21.5 Å². The quantitative estimate of drug-likeness (QED) is 0.0884. The summed E-state index contributed by atoms with van der Waals surface area (Å²) in [5.41, 5.74) is 3.04. The third-order valence-electron chi connectivity index (χ3n) is 13.4. The third kappa shape index (κ3) is 13.8. The molecule has 1 aliphatic rings. The predicted octanol–water partition coefficient (Wildman–Crippen LogP) is 20.6. The van der Waals surface area contributed by atoms with E-state index in [2.05, 4.69) is 42.5 Å². The van der Waals surface area contributed by atoms with Crippen LogP contribution in [0.3, 0.4) is 0 Å². The molecule has 0 saturated carbocycles. The Morgan fingerprint density at radius 2 is 0.787 bits per heavy atom. The second kappa shape index (κ2) is 24.5. The molecule has 1 aliphatic heterocycles. The number of halogens is 14. The fraction of sp³-hybridized carbons (Fsp3) is 0.156. The van der Waals surface area contributed by atoms with E-state index in [0.717, 1.165) is 66.8 Å². The van der Waals surface area contributed by atoms with Gasteiger partial charge in [0.2, 0.25) is 0 Å². The fourth-order valence-electron chi connectivity index (χ4n) is 9.72. The molecule has 0 atom stereocenters. The van der Waals surface area contributed by atoms with Crippen molar-refractivity contribution in [2.24, 2.45) is 0 Å². The molecular formula is C64H45Cl2F12SiZr-3. The van der Waals surface area contributed by atoms with E-state index in [4.69, 9.17) is 17.0 Å². The van der Waals surface area contributed by atoms with Crippen molar-refractivity contribution in [2.45, 2.75) is 64.2 Å². The fourth-order valence-corrected chi connectivity index (χ4v) is 11.0. The van der Waals surface area contributed by atoms with Crippen LogP contribution in [0.4, 0.5) is 52.7 Å². The Kier molecular flexibility index (Phi) is 18.4. The molecule has 2 radical (unpaired) electrons. The van der Waals surface area contributed by atoms with Gasteiger partial charge in [-0.25, -0.2) is 0 Å². The van der Waals surface area contributed by atoms with Gasteiger partial charge in [-0.3, -0.25) is 0 Å². The average Bonchev–Trinajstić information content (AvgIpc) is 4.33. The smallest absolute Gasteiger partial charge is 0.0920 e. The van der Waals surface area contributed by atoms with Gasteiger partial charge in [-0.05, 0) is 70.5 Å². The maximum atomic E-state index is 13.5. The van der Waals surface area contributed by atoms with Crippen molar-refractivity contribution in [2.75, 3.05) is 0 Å². The van der Waals surface area contributed by atoms with Gasteiger partial charge in [0.25, 0.3) is 0 Å². The Bertz CT molecular complexity index is 3450. The molecule has 10 aromatic carbocycles. The van der Waals surface area contributed by atoms with E-state index >= 15 is 0 Å². The molecule has 0 saturated heterocycles. The molecule has 0 N–H and O–H groups in total. The van der Waals surface area contributed by atoms with E-state index in [9.17, 15) is 52.7 Å². The summed E-state index contributed by atoms with van der Waals surface area (Å²) >= 11 is -0.826. The molecule has 10 aromatic rings. The minimum atomic E-state index is -4.90. The summed E-state index contributed by atoms with van der Waals surface area (Å²) in [4.78, 5) is 0. The van der Waals surface area contributed by atoms with Gasteiger partial charge < -0.3 is 0 Å². The molecule has 11 rings (SSSR count). The van der Waals surface area contributed by atoms with Gasteiger partial charge in [0, 0.05) is 0 Å². The van der Waals surface area contributed by atoms with Crippen LogP contribution in [0.1, 0.15) is 72.9 Å². The molecule has 16 heteroatoms. The Hall–Kier alpha value is -6.18. The van der Waals surface area contributed by atoms with E-state index in [1.807, 2.05) is 131 Å². The number of alkyl halides is 12. The number of hydrogen-bond acceptors (Lipinski definition) is 0. The Morgan fingerprint density at radius 3 is 1.16 bits per heavy atom. The number of benzene rings is 8. The first-order valence-corrected chi connectivity index (χ1v) is 32.1. The van der Waals surface area contributed by atoms with E-state index in [1.54, 1.807) is 12.1 Å². The summed E-state index contributed by atoms with van der Waals surface area (Å²) in [6, 6.07) is 55.3. The van der Waals surface area contributed by atoms with Crippen LogP contribution in [0.25, 0.3) is 77.2 Å². The summed E-state index contributed by atoms with van der Waals surface area (Å²) in [7, 11) is 10.7. The molecule has 410 valence electrons. The van der Waals surface area contributed by atoms with Gasteiger partial charge in [0.1, 0.15) is 0 Å². The standard InChI is InChI=1S/2C26H19F6.C12H7Si.2ClH.Zr/c2*1-15(2)22-9-8-17-10-18(16-6-4-3-5-7-16)13-23(17)24(22)19-11-20(25(27,28)29)14-21(12-19)26(30,31)32;1-3-7-11-9(5-1)10-6-2-4-8-12(10)13-11;;;/h2*3-15H,1-2H3;1-7H;2*1H;/q3*-1;;;+2/p-2. The van der Waals surface area contributed by atoms with Crippen molar-refractivity contribution in [1.29, 1.82) is 0 Å². The van der Waals surface area contributed by atoms with E-state index in [-0.39, 0.29) is 35.1 Å². The first-order valence-electron chi connectivity index (χ1n) is 24.8. The molecule has 0 fully saturated rings. The van der Waals surface area contributed by atoms with Crippen molar-refractivity contribution >= 4 is 58.5 Å². The van der Waals surface area contributed by atoms with Gasteiger partial charge >= 0.3 is 62.6 Å². The molecule has 0 spiro atoms. The molecule has 0 amide bonds. The zero-order valence-electron chi connectivity index (χ0n) is 42.8. The van der Waals surface area contributed by atoms with E-state index < -0.39 is 67.8 Å². The van der Waals surface area contributed by atoms with Crippen LogP contribution in [-0.2, 0) is 45.6 Å². The number of hydrogen-bond donors (Lipinski definition) is 0. The summed E-state index contributed by atoms with van der Waals surface area (Å²) < 4.78 is 162. The summed E-state index contributed by atoms with van der Waals surface area (Å²) in [5.74, 6) is -0.207. The Labute approximate surface area is 476 Å². The third-order valence-corrected chi connectivity index (χ3v) is 14.8. The van der Waals surface area contributed by atoms with Crippen molar-refractivity contribution in [1.82, 2.24) is 0 Å². The van der Waals surface area contributed by atoms with Crippen LogP contribution in [0.15, 0.2) is 188 Å². The zero-order chi connectivity index (χ0) is 57.9. The van der Waals surface area contributed by atoms with Crippen LogP contribution in [0.2, 0.25) is 0 Å². The SMILES string of the molecule is CC(C)c1ccc2[cH-]c(-c3ccccc3)cc2c1-c1cc(C(F)(F)F)cc(C(F)(F)F)c1.CC(C)c1ccc2[cH-]c(-c3ccccc3)cc2c1-c1cc(C(F)(F)F)cc(C(F)(F)F)c1.[Cl][Zr][Cl].[c-]1cccc2c1[Si]c1ccccc1-2. The molecule has 0 unspecified atom stereocenters. The van der Waals surface area contributed by atoms with Gasteiger partial charge in [0.05, 0.1) is 31.8 Å². The summed E-state index contributed by atoms with van der Waals surface area (Å²) in [6.07, 6.45) is -19.6. The minimum Gasteiger partial charge on any atom is -0.184 e. The Balaban J connectivity index is 0.000000165. The maximum Gasteiger partial charge on any atom is 0.0920 e. The first kappa shape index (κ1) is 59.9. The monoisotopic (exact) mass is 1230 g/mol. The molecule has 0 aromatic heterocycles. The van der Waals surface area contributed by atoms with Gasteiger partial charge in [0.15, 0.2) is 0 Å². The summed E-state index contributed by atoms with van der Waals surface area (Å²) in [6.45, 7) is 7.46. The molecule has 0 bridgehead atoms. The van der Waals surface area contributed by atoms with Gasteiger partial charge in [-0.15, -0.1) is 74.6 Å². The topological polar surface area (TPSA) is 0 Å². The van der Waals surface area contributed by atoms with Gasteiger partial charge in [-0.2, -0.15) is 82.1 Å². The molecular weight excluding hydrogens is 1190 g/mol. The summed E-state index contributed by atoms with van der Waals surface area (Å²) in [5, 5.41) is 5.59. The second-order valence-corrected chi connectivity index (χ2v) is 24.4. The van der Waals surface area contributed by atoms with Crippen molar-refractivity contribution in [3.05, 3.63) is 228 Å². The van der Waals surface area contributed by atoms with Crippen LogP contribution in [0.5, 0.6) is 0 Å². The van der Waals surface area contributed by atoms with Crippen LogP contribution < -0.4 is 10.4 Å². The van der Waals surface area contributed by atoms with Crippen LogP contribution in [0, 0.1) is 6.07 Å². The number of fused-ring (bicyclic) bond motifs is 5. The van der Waals surface area contributed by atoms with Gasteiger partial charge in [-0.1, -0.05) is 158 Å². The Morgan fingerprint density at radius 1 is 0.425 bits per heavy atom. The maximum absolute atomic E-state index is 13.5. The van der Waals surface area contributed by atoms with E-state index in [0.29, 0.717) is 33.0 Å². The van der Waals surface area contributed by atoms with Crippen LogP contribution >= 0.6 is 17.0 Å². The molecule has 1 heterocycles. The number of rotatable bonds is 6.